The van der Waals surface area contributed by atoms with Crippen molar-refractivity contribution in [2.24, 2.45) is 0 Å². The number of ether oxygens (including phenoxy) is 1. The van der Waals surface area contributed by atoms with Crippen LogP contribution in [0.4, 0.5) is 0 Å². The standard InChI is InChI=1S/C21H21N3O/c1-2-3-15-21(24-19-13-7-6-12-18(19)22-23-24)25-20-14-8-10-16-9-4-5-11-17(16)20/h4-14,21H,2-3,15H2,1H3. The first kappa shape index (κ1) is 15.6. The highest BCUT2D eigenvalue weighted by molar-refractivity contribution is 5.88. The van der Waals surface area contributed by atoms with Crippen LogP contribution >= 0.6 is 0 Å². The third-order valence-corrected chi connectivity index (χ3v) is 4.47. The smallest absolute Gasteiger partial charge is 0.193 e. The number of hydrogen-bond acceptors (Lipinski definition) is 3. The molecule has 25 heavy (non-hydrogen) atoms. The van der Waals surface area contributed by atoms with Crippen LogP contribution in [-0.4, -0.2) is 15.0 Å². The van der Waals surface area contributed by atoms with Gasteiger partial charge in [-0.05, 0) is 30.0 Å². The zero-order valence-corrected chi connectivity index (χ0v) is 14.3. The number of hydrogen-bond donors (Lipinski definition) is 0. The second kappa shape index (κ2) is 6.93. The summed E-state index contributed by atoms with van der Waals surface area (Å²) in [5.74, 6) is 0.888. The summed E-state index contributed by atoms with van der Waals surface area (Å²) in [6.07, 6.45) is 2.91. The maximum absolute atomic E-state index is 6.44. The van der Waals surface area contributed by atoms with Crippen molar-refractivity contribution in [3.8, 4) is 5.75 Å². The van der Waals surface area contributed by atoms with E-state index in [0.717, 1.165) is 41.4 Å². The molecule has 0 N–H and O–H groups in total. The van der Waals surface area contributed by atoms with Gasteiger partial charge in [0.15, 0.2) is 6.23 Å². The molecule has 4 rings (SSSR count). The number of unbranched alkanes of at least 4 members (excludes halogenated alkanes) is 1. The Labute approximate surface area is 147 Å². The molecule has 1 heterocycles. The summed E-state index contributed by atoms with van der Waals surface area (Å²) >= 11 is 0. The summed E-state index contributed by atoms with van der Waals surface area (Å²) < 4.78 is 8.35. The fraction of sp³-hybridized carbons (Fsp3) is 0.238. The van der Waals surface area contributed by atoms with Crippen molar-refractivity contribution >= 4 is 21.8 Å². The van der Waals surface area contributed by atoms with Crippen LogP contribution in [0.15, 0.2) is 66.7 Å². The average molecular weight is 331 g/mol. The molecule has 1 unspecified atom stereocenters. The van der Waals surface area contributed by atoms with Gasteiger partial charge in [0, 0.05) is 11.8 Å². The zero-order valence-electron chi connectivity index (χ0n) is 14.3. The van der Waals surface area contributed by atoms with Gasteiger partial charge < -0.3 is 4.74 Å². The molecule has 0 saturated carbocycles. The molecule has 0 aliphatic carbocycles. The topological polar surface area (TPSA) is 39.9 Å². The molecule has 1 aromatic heterocycles. The number of fused-ring (bicyclic) bond motifs is 2. The van der Waals surface area contributed by atoms with Crippen LogP contribution < -0.4 is 4.74 Å². The summed E-state index contributed by atoms with van der Waals surface area (Å²) in [4.78, 5) is 0. The minimum absolute atomic E-state index is 0.168. The van der Waals surface area contributed by atoms with Crippen molar-refractivity contribution in [2.45, 2.75) is 32.4 Å². The average Bonchev–Trinajstić information content (AvgIpc) is 3.09. The van der Waals surface area contributed by atoms with E-state index in [0.29, 0.717) is 0 Å². The Hall–Kier alpha value is -2.88. The van der Waals surface area contributed by atoms with Crippen LogP contribution in [0.3, 0.4) is 0 Å². The predicted molar refractivity (Wildman–Crippen MR) is 101 cm³/mol. The lowest BCUT2D eigenvalue weighted by molar-refractivity contribution is 0.110. The first-order valence-corrected chi connectivity index (χ1v) is 8.81. The number of benzene rings is 3. The first-order chi connectivity index (χ1) is 12.4. The van der Waals surface area contributed by atoms with Gasteiger partial charge in [-0.25, -0.2) is 4.68 Å². The number of nitrogens with zero attached hydrogens (tertiary/aromatic N) is 3. The van der Waals surface area contributed by atoms with Crippen molar-refractivity contribution < 1.29 is 4.74 Å². The van der Waals surface area contributed by atoms with Crippen LogP contribution in [0, 0.1) is 0 Å². The molecule has 1 atom stereocenters. The maximum atomic E-state index is 6.44. The number of aromatic nitrogens is 3. The molecule has 0 bridgehead atoms. The molecule has 3 aromatic carbocycles. The van der Waals surface area contributed by atoms with Gasteiger partial charge in [-0.3, -0.25) is 0 Å². The molecule has 0 saturated heterocycles. The van der Waals surface area contributed by atoms with Gasteiger partial charge in [0.2, 0.25) is 0 Å². The summed E-state index contributed by atoms with van der Waals surface area (Å²) in [5, 5.41) is 11.0. The van der Waals surface area contributed by atoms with E-state index in [1.54, 1.807) is 0 Å². The summed E-state index contributed by atoms with van der Waals surface area (Å²) in [5.41, 5.74) is 1.90. The summed E-state index contributed by atoms with van der Waals surface area (Å²) in [6.45, 7) is 2.19. The molecule has 4 heteroatoms. The van der Waals surface area contributed by atoms with Crippen molar-refractivity contribution in [3.63, 3.8) is 0 Å². The van der Waals surface area contributed by atoms with Crippen molar-refractivity contribution in [1.82, 2.24) is 15.0 Å². The van der Waals surface area contributed by atoms with Crippen LogP contribution in [-0.2, 0) is 0 Å². The van der Waals surface area contributed by atoms with E-state index in [4.69, 9.17) is 4.74 Å². The molecule has 0 aliphatic heterocycles. The first-order valence-electron chi connectivity index (χ1n) is 8.81. The van der Waals surface area contributed by atoms with Gasteiger partial charge >= 0.3 is 0 Å². The van der Waals surface area contributed by atoms with E-state index in [2.05, 4.69) is 35.4 Å². The predicted octanol–water partition coefficient (Wildman–Crippen LogP) is 5.35. The lowest BCUT2D eigenvalue weighted by Crippen LogP contribution is -2.17. The molecule has 0 aliphatic rings. The lowest BCUT2D eigenvalue weighted by atomic mass is 10.1. The second-order valence-corrected chi connectivity index (χ2v) is 6.21. The fourth-order valence-corrected chi connectivity index (χ4v) is 3.15. The highest BCUT2D eigenvalue weighted by atomic mass is 16.5. The van der Waals surface area contributed by atoms with Gasteiger partial charge in [0.25, 0.3) is 0 Å². The minimum Gasteiger partial charge on any atom is -0.468 e. The Kier molecular flexibility index (Phi) is 4.34. The number of para-hydroxylation sites is 1. The Balaban J connectivity index is 1.74. The Morgan fingerprint density at radius 1 is 0.960 bits per heavy atom. The third kappa shape index (κ3) is 3.07. The van der Waals surface area contributed by atoms with E-state index < -0.39 is 0 Å². The molecule has 0 amide bonds. The Morgan fingerprint density at radius 3 is 2.68 bits per heavy atom. The van der Waals surface area contributed by atoms with Crippen molar-refractivity contribution in [2.75, 3.05) is 0 Å². The van der Waals surface area contributed by atoms with Gasteiger partial charge in [0.05, 0.1) is 5.52 Å². The van der Waals surface area contributed by atoms with Gasteiger partial charge in [0.1, 0.15) is 11.3 Å². The molecule has 0 radical (unpaired) electrons. The molecule has 4 nitrogen and oxygen atoms in total. The molecule has 0 fully saturated rings. The van der Waals surface area contributed by atoms with Crippen molar-refractivity contribution in [3.05, 3.63) is 66.7 Å². The lowest BCUT2D eigenvalue weighted by Gasteiger charge is -2.20. The molecular weight excluding hydrogens is 310 g/mol. The second-order valence-electron chi connectivity index (χ2n) is 6.21. The maximum Gasteiger partial charge on any atom is 0.193 e. The van der Waals surface area contributed by atoms with Crippen LogP contribution in [0.5, 0.6) is 5.75 Å². The van der Waals surface area contributed by atoms with E-state index >= 15 is 0 Å². The molecule has 0 spiro atoms. The van der Waals surface area contributed by atoms with Gasteiger partial charge in [-0.2, -0.15) is 0 Å². The molecule has 4 aromatic rings. The monoisotopic (exact) mass is 331 g/mol. The quantitative estimate of drug-likeness (QED) is 0.478. The molecular formula is C21H21N3O. The van der Waals surface area contributed by atoms with E-state index in [-0.39, 0.29) is 6.23 Å². The van der Waals surface area contributed by atoms with E-state index in [1.807, 2.05) is 53.2 Å². The minimum atomic E-state index is -0.168. The molecule has 126 valence electrons. The van der Waals surface area contributed by atoms with Gasteiger partial charge in [-0.1, -0.05) is 67.1 Å². The third-order valence-electron chi connectivity index (χ3n) is 4.47. The summed E-state index contributed by atoms with van der Waals surface area (Å²) in [7, 11) is 0. The largest absolute Gasteiger partial charge is 0.468 e. The Morgan fingerprint density at radius 2 is 1.76 bits per heavy atom. The van der Waals surface area contributed by atoms with Crippen molar-refractivity contribution in [1.29, 1.82) is 0 Å². The van der Waals surface area contributed by atoms with Crippen LogP contribution in [0.2, 0.25) is 0 Å². The van der Waals surface area contributed by atoms with Gasteiger partial charge in [-0.15, -0.1) is 5.10 Å². The van der Waals surface area contributed by atoms with E-state index in [1.165, 1.54) is 5.39 Å². The van der Waals surface area contributed by atoms with Crippen LogP contribution in [0.25, 0.3) is 21.8 Å². The normalized spacial score (nSPS) is 12.5. The highest BCUT2D eigenvalue weighted by Gasteiger charge is 2.18. The highest BCUT2D eigenvalue weighted by Crippen LogP contribution is 2.30. The van der Waals surface area contributed by atoms with E-state index in [9.17, 15) is 0 Å². The SMILES string of the molecule is CCCCC(Oc1cccc2ccccc12)n1nnc2ccccc21. The Bertz CT molecular complexity index is 987. The zero-order chi connectivity index (χ0) is 17.1. The summed E-state index contributed by atoms with van der Waals surface area (Å²) in [6, 6.07) is 22.5. The fourth-order valence-electron chi connectivity index (χ4n) is 3.15. The number of rotatable bonds is 6. The van der Waals surface area contributed by atoms with Crippen LogP contribution in [0.1, 0.15) is 32.4 Å².